The van der Waals surface area contributed by atoms with Crippen molar-refractivity contribution in [3.05, 3.63) is 95.7 Å². The molecule has 0 fully saturated rings. The van der Waals surface area contributed by atoms with Crippen molar-refractivity contribution in [1.29, 1.82) is 0 Å². The average molecular weight is 602 g/mol. The molecular weight excluding hydrogens is 582 g/mol. The van der Waals surface area contributed by atoms with Crippen molar-refractivity contribution in [3.8, 4) is 16.9 Å². The maximum Gasteiger partial charge on any atom is 0.417 e. The number of benzene rings is 3. The Labute approximate surface area is 238 Å². The second kappa shape index (κ2) is 10.8. The molecule has 2 heterocycles. The van der Waals surface area contributed by atoms with Gasteiger partial charge in [-0.1, -0.05) is 24.3 Å². The van der Waals surface area contributed by atoms with Gasteiger partial charge in [0.05, 0.1) is 22.5 Å². The van der Waals surface area contributed by atoms with E-state index in [0.717, 1.165) is 30.3 Å². The summed E-state index contributed by atoms with van der Waals surface area (Å²) < 4.78 is 84.8. The minimum absolute atomic E-state index is 0.00836. The Morgan fingerprint density at radius 2 is 1.63 bits per heavy atom. The Morgan fingerprint density at radius 3 is 2.23 bits per heavy atom. The Balaban J connectivity index is 1.60. The van der Waals surface area contributed by atoms with Crippen LogP contribution in [0.4, 0.5) is 37.0 Å². The lowest BCUT2D eigenvalue weighted by molar-refractivity contribution is -0.155. The molecule has 9 nitrogen and oxygen atoms in total. The first-order valence-electron chi connectivity index (χ1n) is 12.4. The lowest BCUT2D eigenvalue weighted by atomic mass is 10.0. The maximum atomic E-state index is 13.8. The van der Waals surface area contributed by atoms with Crippen LogP contribution in [0.25, 0.3) is 27.8 Å². The van der Waals surface area contributed by atoms with E-state index in [1.165, 1.54) is 40.1 Å². The van der Waals surface area contributed by atoms with Gasteiger partial charge in [-0.3, -0.25) is 9.48 Å². The van der Waals surface area contributed by atoms with Gasteiger partial charge in [-0.2, -0.15) is 36.5 Å². The van der Waals surface area contributed by atoms with E-state index in [0.29, 0.717) is 5.69 Å². The van der Waals surface area contributed by atoms with Gasteiger partial charge in [0.1, 0.15) is 5.82 Å². The van der Waals surface area contributed by atoms with E-state index >= 15 is 0 Å². The van der Waals surface area contributed by atoms with E-state index in [4.69, 9.17) is 5.11 Å². The molecule has 0 radical (unpaired) electrons. The van der Waals surface area contributed by atoms with E-state index in [-0.39, 0.29) is 33.5 Å². The molecule has 5 rings (SSSR count). The van der Waals surface area contributed by atoms with Gasteiger partial charge in [0.15, 0.2) is 6.04 Å². The number of halogens is 6. The van der Waals surface area contributed by atoms with E-state index < -0.39 is 41.5 Å². The fourth-order valence-corrected chi connectivity index (χ4v) is 4.52. The van der Waals surface area contributed by atoms with Crippen LogP contribution in [0.2, 0.25) is 0 Å². The molecular formula is C28H20F6N6O3. The summed E-state index contributed by atoms with van der Waals surface area (Å²) in [6, 6.07) is 13.2. The first kappa shape index (κ1) is 29.2. The van der Waals surface area contributed by atoms with Crippen molar-refractivity contribution in [2.45, 2.75) is 18.4 Å². The van der Waals surface area contributed by atoms with Gasteiger partial charge in [-0.15, -0.1) is 0 Å². The third kappa shape index (κ3) is 6.00. The van der Waals surface area contributed by atoms with E-state index in [1.54, 1.807) is 30.3 Å². The fraction of sp³-hybridized carbons (Fsp3) is 0.143. The number of carbonyl (C=O) groups excluding carboxylic acids is 1. The van der Waals surface area contributed by atoms with Gasteiger partial charge < -0.3 is 15.7 Å². The predicted octanol–water partition coefficient (Wildman–Crippen LogP) is 6.57. The average Bonchev–Trinajstić information content (AvgIpc) is 3.54. The molecule has 0 saturated carbocycles. The number of alkyl halides is 6. The third-order valence-electron chi connectivity index (χ3n) is 6.43. The first-order valence-corrected chi connectivity index (χ1v) is 12.4. The number of nitrogens with one attached hydrogen (secondary N) is 2. The summed E-state index contributed by atoms with van der Waals surface area (Å²) in [6.07, 6.45) is -10.1. The number of anilines is 1. The molecule has 5 aromatic rings. The van der Waals surface area contributed by atoms with E-state index in [9.17, 15) is 35.9 Å². The highest BCUT2D eigenvalue weighted by molar-refractivity contribution is 6.09. The Hall–Kier alpha value is -5.34. The number of aryl methyl sites for hydroxylation is 1. The number of carboxylic acid groups (broad SMARTS) is 1. The Bertz CT molecular complexity index is 1830. The van der Waals surface area contributed by atoms with Crippen molar-refractivity contribution < 1.29 is 41.0 Å². The number of rotatable bonds is 6. The number of carbonyl (C=O) groups is 2. The van der Waals surface area contributed by atoms with Crippen molar-refractivity contribution in [2.24, 2.45) is 7.05 Å². The molecule has 1 atom stereocenters. The molecule has 2 aromatic heterocycles. The second-order valence-corrected chi connectivity index (χ2v) is 9.38. The van der Waals surface area contributed by atoms with Crippen molar-refractivity contribution >= 4 is 28.7 Å². The van der Waals surface area contributed by atoms with Crippen LogP contribution in [0.1, 0.15) is 27.5 Å². The molecule has 0 aliphatic carbocycles. The lowest BCUT2D eigenvalue weighted by Gasteiger charge is -2.20. The smallest absolute Gasteiger partial charge is 0.417 e. The number of hydrogen-bond donors (Lipinski definition) is 3. The van der Waals surface area contributed by atoms with Crippen LogP contribution in [0, 0.1) is 0 Å². The van der Waals surface area contributed by atoms with Crippen LogP contribution in [-0.2, 0) is 13.2 Å². The molecule has 0 bridgehead atoms. The minimum Gasteiger partial charge on any atom is -0.465 e. The highest BCUT2D eigenvalue weighted by Gasteiger charge is 2.42. The standard InChI is InChI=1S/C28H20F6N6O3/c1-39-12-11-21(37-39)19-13-16(8-10-20(19)27(29,30)31)25(41)36-24-18-9-7-15(23(28(32,33)34)35-26(42)43)14-22(18)38-40(24)17-5-3-2-4-6-17/h2-14,23,35H,1H3,(H,36,41)(H,42,43). The molecule has 43 heavy (non-hydrogen) atoms. The summed E-state index contributed by atoms with van der Waals surface area (Å²) >= 11 is 0. The highest BCUT2D eigenvalue weighted by atomic mass is 19.4. The molecule has 3 aromatic carbocycles. The summed E-state index contributed by atoms with van der Waals surface area (Å²) in [5.41, 5.74) is -1.53. The van der Waals surface area contributed by atoms with Crippen LogP contribution in [0.5, 0.6) is 0 Å². The van der Waals surface area contributed by atoms with Crippen LogP contribution in [0.3, 0.4) is 0 Å². The molecule has 3 N–H and O–H groups in total. The first-order chi connectivity index (χ1) is 20.2. The van der Waals surface area contributed by atoms with Crippen LogP contribution in [0.15, 0.2) is 79.0 Å². The highest BCUT2D eigenvalue weighted by Crippen LogP contribution is 2.38. The van der Waals surface area contributed by atoms with E-state index in [2.05, 4.69) is 15.5 Å². The van der Waals surface area contributed by atoms with Gasteiger partial charge in [0.25, 0.3) is 5.91 Å². The number of amides is 2. The summed E-state index contributed by atoms with van der Waals surface area (Å²) in [5, 5.41) is 21.6. The lowest BCUT2D eigenvalue weighted by Crippen LogP contribution is -2.37. The van der Waals surface area contributed by atoms with Gasteiger partial charge in [0, 0.05) is 29.8 Å². The number of para-hydroxylation sites is 1. The normalized spacial score (nSPS) is 12.7. The van der Waals surface area contributed by atoms with Gasteiger partial charge in [0.2, 0.25) is 0 Å². The number of hydrogen-bond acceptors (Lipinski definition) is 4. The summed E-state index contributed by atoms with van der Waals surface area (Å²) in [5.74, 6) is -0.804. The molecule has 0 aliphatic rings. The monoisotopic (exact) mass is 602 g/mol. The minimum atomic E-state index is -4.96. The second-order valence-electron chi connectivity index (χ2n) is 9.38. The molecule has 0 aliphatic heterocycles. The van der Waals surface area contributed by atoms with Crippen LogP contribution in [-0.4, -0.2) is 42.8 Å². The molecule has 1 unspecified atom stereocenters. The molecule has 15 heteroatoms. The summed E-state index contributed by atoms with van der Waals surface area (Å²) in [4.78, 5) is 24.5. The van der Waals surface area contributed by atoms with Crippen molar-refractivity contribution in [2.75, 3.05) is 5.32 Å². The summed E-state index contributed by atoms with van der Waals surface area (Å²) in [7, 11) is 1.53. The van der Waals surface area contributed by atoms with Gasteiger partial charge in [-0.05, 0) is 54.1 Å². The van der Waals surface area contributed by atoms with Crippen molar-refractivity contribution in [1.82, 2.24) is 24.9 Å². The molecule has 0 saturated heterocycles. The number of nitrogens with zero attached hydrogens (tertiary/aromatic N) is 4. The third-order valence-corrected chi connectivity index (χ3v) is 6.43. The Kier molecular flexibility index (Phi) is 7.33. The summed E-state index contributed by atoms with van der Waals surface area (Å²) in [6.45, 7) is 0. The quantitative estimate of drug-likeness (QED) is 0.190. The van der Waals surface area contributed by atoms with Crippen molar-refractivity contribution in [3.63, 3.8) is 0 Å². The molecule has 0 spiro atoms. The van der Waals surface area contributed by atoms with Gasteiger partial charge >= 0.3 is 18.4 Å². The number of aromatic nitrogens is 4. The van der Waals surface area contributed by atoms with Crippen LogP contribution < -0.4 is 10.6 Å². The van der Waals surface area contributed by atoms with Crippen LogP contribution >= 0.6 is 0 Å². The zero-order chi connectivity index (χ0) is 31.1. The molecule has 2 amide bonds. The maximum absolute atomic E-state index is 13.8. The van der Waals surface area contributed by atoms with Gasteiger partial charge in [-0.25, -0.2) is 9.48 Å². The van der Waals surface area contributed by atoms with E-state index in [1.807, 2.05) is 0 Å². The number of fused-ring (bicyclic) bond motifs is 1. The zero-order valence-electron chi connectivity index (χ0n) is 21.9. The predicted molar refractivity (Wildman–Crippen MR) is 143 cm³/mol. The topological polar surface area (TPSA) is 114 Å². The SMILES string of the molecule is Cn1ccc(-c2cc(C(=O)Nc3c4ccc(C(NC(=O)O)C(F)(F)F)cc4nn3-c3ccccc3)ccc2C(F)(F)F)n1. The largest absolute Gasteiger partial charge is 0.465 e. The Morgan fingerprint density at radius 1 is 0.907 bits per heavy atom. The molecule has 222 valence electrons. The fourth-order valence-electron chi connectivity index (χ4n) is 4.52. The zero-order valence-corrected chi connectivity index (χ0v) is 21.9.